The summed E-state index contributed by atoms with van der Waals surface area (Å²) in [7, 11) is 1.61. The minimum atomic E-state index is -0.966. The van der Waals surface area contributed by atoms with Crippen molar-refractivity contribution in [2.45, 2.75) is 39.4 Å². The van der Waals surface area contributed by atoms with Gasteiger partial charge in [0.05, 0.1) is 19.6 Å². The minimum Gasteiger partial charge on any atom is -0.496 e. The van der Waals surface area contributed by atoms with Crippen LogP contribution in [0.4, 0.5) is 8.78 Å². The number of ether oxygens (including phenoxy) is 1. The van der Waals surface area contributed by atoms with Crippen LogP contribution >= 0.6 is 0 Å². The van der Waals surface area contributed by atoms with Crippen LogP contribution in [0.1, 0.15) is 28.7 Å². The molecule has 8 heteroatoms. The predicted octanol–water partition coefficient (Wildman–Crippen LogP) is 2.60. The summed E-state index contributed by atoms with van der Waals surface area (Å²) in [6.07, 6.45) is -0.0725. The van der Waals surface area contributed by atoms with E-state index in [1.807, 2.05) is 30.0 Å². The van der Waals surface area contributed by atoms with E-state index in [1.54, 1.807) is 7.11 Å². The quantitative estimate of drug-likeness (QED) is 0.707. The Bertz CT molecular complexity index is 981. The van der Waals surface area contributed by atoms with Crippen LogP contribution in [0.5, 0.6) is 5.75 Å². The highest BCUT2D eigenvalue weighted by molar-refractivity contribution is 5.88. The van der Waals surface area contributed by atoms with Crippen LogP contribution in [0.3, 0.4) is 0 Å². The van der Waals surface area contributed by atoms with E-state index in [0.29, 0.717) is 19.6 Å². The highest BCUT2D eigenvalue weighted by atomic mass is 19.2. The van der Waals surface area contributed by atoms with Gasteiger partial charge in [-0.15, -0.1) is 0 Å². The SMILES string of the molecule is COc1ccc(CN2CCNC(=O)[C@H]2CC(=O)NCc2ccc(C)c(F)c2F)cc1C. The number of halogens is 2. The first-order valence-electron chi connectivity index (χ1n) is 10.2. The molecule has 3 rings (SSSR count). The van der Waals surface area contributed by atoms with Gasteiger partial charge in [0.1, 0.15) is 5.75 Å². The molecule has 1 aliphatic heterocycles. The monoisotopic (exact) mass is 431 g/mol. The molecule has 166 valence electrons. The maximum absolute atomic E-state index is 14.0. The maximum atomic E-state index is 14.0. The lowest BCUT2D eigenvalue weighted by Gasteiger charge is -2.34. The van der Waals surface area contributed by atoms with Crippen molar-refractivity contribution >= 4 is 11.8 Å². The summed E-state index contributed by atoms with van der Waals surface area (Å²) in [4.78, 5) is 26.9. The molecule has 0 aromatic heterocycles. The van der Waals surface area contributed by atoms with E-state index >= 15 is 0 Å². The highest BCUT2D eigenvalue weighted by Gasteiger charge is 2.31. The van der Waals surface area contributed by atoms with Gasteiger partial charge in [-0.3, -0.25) is 14.5 Å². The van der Waals surface area contributed by atoms with Crippen molar-refractivity contribution in [3.63, 3.8) is 0 Å². The van der Waals surface area contributed by atoms with Crippen LogP contribution in [0.15, 0.2) is 30.3 Å². The molecular weight excluding hydrogens is 404 g/mol. The lowest BCUT2D eigenvalue weighted by molar-refractivity contribution is -0.134. The fourth-order valence-electron chi connectivity index (χ4n) is 3.71. The summed E-state index contributed by atoms with van der Waals surface area (Å²) in [5, 5.41) is 5.38. The fraction of sp³-hybridized carbons (Fsp3) is 0.391. The Kier molecular flexibility index (Phi) is 7.22. The summed E-state index contributed by atoms with van der Waals surface area (Å²) in [5.74, 6) is -1.72. The molecule has 0 bridgehead atoms. The van der Waals surface area contributed by atoms with Crippen molar-refractivity contribution in [3.05, 3.63) is 64.2 Å². The molecule has 2 aromatic carbocycles. The largest absolute Gasteiger partial charge is 0.496 e. The molecule has 0 spiro atoms. The summed E-state index contributed by atoms with van der Waals surface area (Å²) in [5.41, 5.74) is 2.27. The lowest BCUT2D eigenvalue weighted by Crippen LogP contribution is -2.56. The normalized spacial score (nSPS) is 16.7. The van der Waals surface area contributed by atoms with Crippen LogP contribution in [-0.4, -0.2) is 43.0 Å². The zero-order valence-electron chi connectivity index (χ0n) is 17.9. The predicted molar refractivity (Wildman–Crippen MR) is 112 cm³/mol. The lowest BCUT2D eigenvalue weighted by atomic mass is 10.0. The molecule has 1 atom stereocenters. The number of amides is 2. The molecule has 0 radical (unpaired) electrons. The van der Waals surface area contributed by atoms with Crippen LogP contribution < -0.4 is 15.4 Å². The first-order chi connectivity index (χ1) is 14.8. The Balaban J connectivity index is 1.64. The summed E-state index contributed by atoms with van der Waals surface area (Å²) >= 11 is 0. The van der Waals surface area contributed by atoms with Gasteiger partial charge in [-0.25, -0.2) is 8.78 Å². The molecule has 0 saturated carbocycles. The molecule has 2 amide bonds. The molecule has 1 fully saturated rings. The van der Waals surface area contributed by atoms with Crippen molar-refractivity contribution < 1.29 is 23.1 Å². The van der Waals surface area contributed by atoms with Gasteiger partial charge in [0.25, 0.3) is 0 Å². The second-order valence-corrected chi connectivity index (χ2v) is 7.73. The summed E-state index contributed by atoms with van der Waals surface area (Å²) < 4.78 is 33.0. The number of hydrogen-bond acceptors (Lipinski definition) is 4. The van der Waals surface area contributed by atoms with Gasteiger partial charge in [0.15, 0.2) is 11.6 Å². The van der Waals surface area contributed by atoms with Crippen LogP contribution in [0, 0.1) is 25.5 Å². The third kappa shape index (κ3) is 5.38. The average Bonchev–Trinajstić information content (AvgIpc) is 2.74. The second kappa shape index (κ2) is 9.87. The van der Waals surface area contributed by atoms with Gasteiger partial charge in [-0.1, -0.05) is 24.3 Å². The van der Waals surface area contributed by atoms with Gasteiger partial charge in [0.2, 0.25) is 11.8 Å². The van der Waals surface area contributed by atoms with Gasteiger partial charge in [0, 0.05) is 31.7 Å². The number of hydrogen-bond donors (Lipinski definition) is 2. The van der Waals surface area contributed by atoms with Crippen molar-refractivity contribution in [2.24, 2.45) is 0 Å². The standard InChI is InChI=1S/C23H27F2N3O3/c1-14-4-6-17(22(25)21(14)24)12-27-20(29)11-18-23(30)26-8-9-28(18)13-16-5-7-19(31-3)15(2)10-16/h4-7,10,18H,8-9,11-13H2,1-3H3,(H,26,30)(H,27,29)/t18-/m1/s1. The molecule has 0 unspecified atom stereocenters. The number of methoxy groups -OCH3 is 1. The van der Waals surface area contributed by atoms with Crippen LogP contribution in [0.25, 0.3) is 0 Å². The molecule has 6 nitrogen and oxygen atoms in total. The molecule has 2 N–H and O–H groups in total. The number of carbonyl (C=O) groups excluding carboxylic acids is 2. The van der Waals surface area contributed by atoms with E-state index in [0.717, 1.165) is 16.9 Å². The van der Waals surface area contributed by atoms with Gasteiger partial charge < -0.3 is 15.4 Å². The van der Waals surface area contributed by atoms with Gasteiger partial charge in [-0.2, -0.15) is 0 Å². The molecule has 0 aliphatic carbocycles. The number of benzene rings is 2. The molecule has 31 heavy (non-hydrogen) atoms. The maximum Gasteiger partial charge on any atom is 0.237 e. The molecule has 2 aromatic rings. The number of rotatable bonds is 7. The molecule has 1 aliphatic rings. The Morgan fingerprint density at radius 3 is 2.68 bits per heavy atom. The van der Waals surface area contributed by atoms with Gasteiger partial charge in [-0.05, 0) is 36.6 Å². The summed E-state index contributed by atoms with van der Waals surface area (Å²) in [6.45, 7) is 4.89. The zero-order chi connectivity index (χ0) is 22.5. The first kappa shape index (κ1) is 22.7. The van der Waals surface area contributed by atoms with Gasteiger partial charge >= 0.3 is 0 Å². The van der Waals surface area contributed by atoms with Crippen LogP contribution in [0.2, 0.25) is 0 Å². The summed E-state index contributed by atoms with van der Waals surface area (Å²) in [6, 6.07) is 8.08. The fourth-order valence-corrected chi connectivity index (χ4v) is 3.71. The number of piperazine rings is 1. The minimum absolute atomic E-state index is 0.0649. The number of nitrogens with zero attached hydrogens (tertiary/aromatic N) is 1. The van der Waals surface area contributed by atoms with E-state index in [4.69, 9.17) is 4.74 Å². The third-order valence-corrected chi connectivity index (χ3v) is 5.50. The topological polar surface area (TPSA) is 70.7 Å². The molecular formula is C23H27F2N3O3. The van der Waals surface area contributed by atoms with Crippen LogP contribution in [-0.2, 0) is 22.7 Å². The number of nitrogens with one attached hydrogen (secondary N) is 2. The molecule has 1 heterocycles. The highest BCUT2D eigenvalue weighted by Crippen LogP contribution is 2.21. The number of carbonyl (C=O) groups is 2. The second-order valence-electron chi connectivity index (χ2n) is 7.73. The van der Waals surface area contributed by atoms with Crippen molar-refractivity contribution in [1.29, 1.82) is 0 Å². The number of aryl methyl sites for hydroxylation is 2. The van der Waals surface area contributed by atoms with Crippen molar-refractivity contribution in [2.75, 3.05) is 20.2 Å². The Labute approximate surface area is 180 Å². The zero-order valence-corrected chi connectivity index (χ0v) is 17.9. The molecule has 1 saturated heterocycles. The first-order valence-corrected chi connectivity index (χ1v) is 10.2. The van der Waals surface area contributed by atoms with Crippen molar-refractivity contribution in [3.8, 4) is 5.75 Å². The Morgan fingerprint density at radius 1 is 1.19 bits per heavy atom. The smallest absolute Gasteiger partial charge is 0.237 e. The Morgan fingerprint density at radius 2 is 1.97 bits per heavy atom. The Hall–Kier alpha value is -3.00. The van der Waals surface area contributed by atoms with E-state index in [-0.39, 0.29) is 30.0 Å². The third-order valence-electron chi connectivity index (χ3n) is 5.50. The van der Waals surface area contributed by atoms with E-state index in [2.05, 4.69) is 10.6 Å². The van der Waals surface area contributed by atoms with E-state index in [9.17, 15) is 18.4 Å². The van der Waals surface area contributed by atoms with Crippen molar-refractivity contribution in [1.82, 2.24) is 15.5 Å². The van der Waals surface area contributed by atoms with E-state index < -0.39 is 23.6 Å². The average molecular weight is 431 g/mol. The van der Waals surface area contributed by atoms with E-state index in [1.165, 1.54) is 19.1 Å².